The number of amides is 2. The number of nitrogens with zero attached hydrogens (tertiary/aromatic N) is 2. The summed E-state index contributed by atoms with van der Waals surface area (Å²) in [5, 5.41) is 5.64. The largest absolute Gasteiger partial charge is 0.350 e. The molecule has 0 aliphatic heterocycles. The lowest BCUT2D eigenvalue weighted by Gasteiger charge is -2.07. The fourth-order valence-corrected chi connectivity index (χ4v) is 2.10. The highest BCUT2D eigenvalue weighted by molar-refractivity contribution is 5.90. The molecule has 0 aliphatic rings. The van der Waals surface area contributed by atoms with Crippen LogP contribution in [-0.4, -0.2) is 21.8 Å². The molecule has 1 aromatic heterocycles. The average molecular weight is 326 g/mol. The lowest BCUT2D eigenvalue weighted by molar-refractivity contribution is -0.120. The number of nitrogens with one attached hydrogen (secondary N) is 2. The molecule has 0 fully saturated rings. The van der Waals surface area contributed by atoms with Gasteiger partial charge in [0.05, 0.1) is 30.6 Å². The Morgan fingerprint density at radius 2 is 1.79 bits per heavy atom. The molecule has 0 spiro atoms. The van der Waals surface area contributed by atoms with E-state index in [1.807, 2.05) is 38.1 Å². The zero-order valence-corrected chi connectivity index (χ0v) is 14.0. The number of aromatic nitrogens is 2. The summed E-state index contributed by atoms with van der Waals surface area (Å²) in [5.41, 5.74) is 3.20. The van der Waals surface area contributed by atoms with E-state index in [9.17, 15) is 9.59 Å². The molecule has 0 bridgehead atoms. The molecular weight excluding hydrogens is 304 g/mol. The quantitative estimate of drug-likeness (QED) is 0.818. The number of carbonyl (C=O) groups excluding carboxylic acids is 2. The van der Waals surface area contributed by atoms with Gasteiger partial charge in [-0.1, -0.05) is 19.1 Å². The number of benzene rings is 1. The Labute approximate surface area is 141 Å². The predicted octanol–water partition coefficient (Wildman–Crippen LogP) is 2.38. The molecule has 0 aliphatic carbocycles. The van der Waals surface area contributed by atoms with Crippen LogP contribution in [0, 0.1) is 6.92 Å². The van der Waals surface area contributed by atoms with Gasteiger partial charge in [-0.05, 0) is 31.0 Å². The number of rotatable bonds is 7. The van der Waals surface area contributed by atoms with E-state index in [0.717, 1.165) is 29.1 Å². The zero-order chi connectivity index (χ0) is 17.4. The van der Waals surface area contributed by atoms with Crippen molar-refractivity contribution >= 4 is 17.5 Å². The summed E-state index contributed by atoms with van der Waals surface area (Å²) < 4.78 is 0. The number of hydrogen-bond donors (Lipinski definition) is 2. The highest BCUT2D eigenvalue weighted by Gasteiger charge is 2.05. The number of hydrogen-bond acceptors (Lipinski definition) is 4. The highest BCUT2D eigenvalue weighted by Crippen LogP contribution is 2.11. The van der Waals surface area contributed by atoms with Crippen molar-refractivity contribution in [2.75, 3.05) is 5.32 Å². The Hall–Kier alpha value is -2.76. The van der Waals surface area contributed by atoms with Crippen LogP contribution < -0.4 is 10.6 Å². The summed E-state index contributed by atoms with van der Waals surface area (Å²) in [6.07, 6.45) is 4.93. The van der Waals surface area contributed by atoms with Crippen molar-refractivity contribution in [1.29, 1.82) is 0 Å². The lowest BCUT2D eigenvalue weighted by Crippen LogP contribution is -2.25. The second kappa shape index (κ2) is 8.76. The Morgan fingerprint density at radius 3 is 2.42 bits per heavy atom. The molecule has 0 saturated heterocycles. The molecule has 0 atom stereocenters. The van der Waals surface area contributed by atoms with Gasteiger partial charge >= 0.3 is 0 Å². The fraction of sp³-hybridized carbons (Fsp3) is 0.333. The predicted molar refractivity (Wildman–Crippen MR) is 92.3 cm³/mol. The second-order valence-electron chi connectivity index (χ2n) is 5.60. The van der Waals surface area contributed by atoms with Gasteiger partial charge in [0.2, 0.25) is 11.8 Å². The summed E-state index contributed by atoms with van der Waals surface area (Å²) in [5.74, 6) is -0.0812. The van der Waals surface area contributed by atoms with Gasteiger partial charge in [0.15, 0.2) is 0 Å². The molecule has 126 valence electrons. The molecule has 2 rings (SSSR count). The Balaban J connectivity index is 1.81. The van der Waals surface area contributed by atoms with Crippen molar-refractivity contribution in [3.05, 3.63) is 53.6 Å². The van der Waals surface area contributed by atoms with Crippen molar-refractivity contribution < 1.29 is 9.59 Å². The number of anilines is 1. The van der Waals surface area contributed by atoms with Gasteiger partial charge in [-0.2, -0.15) is 0 Å². The van der Waals surface area contributed by atoms with Crippen LogP contribution in [0.2, 0.25) is 0 Å². The molecule has 2 aromatic rings. The molecule has 1 heterocycles. The van der Waals surface area contributed by atoms with Crippen molar-refractivity contribution in [2.24, 2.45) is 0 Å². The van der Waals surface area contributed by atoms with Crippen LogP contribution in [0.1, 0.15) is 36.7 Å². The third kappa shape index (κ3) is 5.79. The van der Waals surface area contributed by atoms with E-state index < -0.39 is 0 Å². The van der Waals surface area contributed by atoms with Crippen molar-refractivity contribution in [3.63, 3.8) is 0 Å². The van der Waals surface area contributed by atoms with E-state index in [0.29, 0.717) is 13.0 Å². The van der Waals surface area contributed by atoms with Crippen LogP contribution >= 0.6 is 0 Å². The first-order chi connectivity index (χ1) is 11.6. The maximum Gasteiger partial charge on any atom is 0.224 e. The van der Waals surface area contributed by atoms with Gasteiger partial charge in [0, 0.05) is 18.3 Å². The molecule has 24 heavy (non-hydrogen) atoms. The van der Waals surface area contributed by atoms with Crippen LogP contribution in [0.4, 0.5) is 5.69 Å². The number of carbonyl (C=O) groups is 2. The Bertz CT molecular complexity index is 681. The minimum Gasteiger partial charge on any atom is -0.350 e. The maximum atomic E-state index is 12.0. The van der Waals surface area contributed by atoms with Gasteiger partial charge in [-0.25, -0.2) is 0 Å². The first kappa shape index (κ1) is 17.6. The topological polar surface area (TPSA) is 84.0 Å². The molecule has 2 N–H and O–H groups in total. The lowest BCUT2D eigenvalue weighted by atomic mass is 10.1. The maximum absolute atomic E-state index is 12.0. The van der Waals surface area contributed by atoms with E-state index >= 15 is 0 Å². The molecule has 0 unspecified atom stereocenters. The highest BCUT2D eigenvalue weighted by atomic mass is 16.2. The smallest absolute Gasteiger partial charge is 0.224 e. The van der Waals surface area contributed by atoms with Crippen LogP contribution in [0.25, 0.3) is 0 Å². The van der Waals surface area contributed by atoms with Crippen molar-refractivity contribution in [3.8, 4) is 0 Å². The standard InChI is InChI=1S/C18H22N4O2/c1-3-4-17(23)22-15-7-5-14(6-8-15)9-18(24)21-12-16-11-19-13(2)10-20-16/h5-8,10-11H,3-4,9,12H2,1-2H3,(H,21,24)(H,22,23). The van der Waals surface area contributed by atoms with E-state index in [1.165, 1.54) is 0 Å². The van der Waals surface area contributed by atoms with E-state index in [2.05, 4.69) is 20.6 Å². The third-order valence-corrected chi connectivity index (χ3v) is 3.38. The van der Waals surface area contributed by atoms with Gasteiger partial charge < -0.3 is 10.6 Å². The minimum absolute atomic E-state index is 0.00204. The van der Waals surface area contributed by atoms with Crippen LogP contribution in [0.15, 0.2) is 36.7 Å². The normalized spacial score (nSPS) is 10.2. The molecule has 6 nitrogen and oxygen atoms in total. The molecule has 0 radical (unpaired) electrons. The van der Waals surface area contributed by atoms with E-state index in [4.69, 9.17) is 0 Å². The molecule has 2 amide bonds. The van der Waals surface area contributed by atoms with E-state index in [1.54, 1.807) is 12.4 Å². The molecular formula is C18H22N4O2. The Kier molecular flexibility index (Phi) is 6.42. The molecule has 6 heteroatoms. The minimum atomic E-state index is -0.0832. The van der Waals surface area contributed by atoms with Crippen LogP contribution in [0.5, 0.6) is 0 Å². The summed E-state index contributed by atoms with van der Waals surface area (Å²) in [7, 11) is 0. The Morgan fingerprint density at radius 1 is 1.04 bits per heavy atom. The van der Waals surface area contributed by atoms with Gasteiger partial charge in [-0.15, -0.1) is 0 Å². The monoisotopic (exact) mass is 326 g/mol. The first-order valence-electron chi connectivity index (χ1n) is 8.00. The summed E-state index contributed by atoms with van der Waals surface area (Å²) in [4.78, 5) is 31.8. The van der Waals surface area contributed by atoms with Crippen molar-refractivity contribution in [1.82, 2.24) is 15.3 Å². The number of aryl methyl sites for hydroxylation is 1. The van der Waals surface area contributed by atoms with Gasteiger partial charge in [0.25, 0.3) is 0 Å². The fourth-order valence-electron chi connectivity index (χ4n) is 2.10. The summed E-state index contributed by atoms with van der Waals surface area (Å²) in [6.45, 7) is 4.18. The molecule has 1 aromatic carbocycles. The van der Waals surface area contributed by atoms with E-state index in [-0.39, 0.29) is 18.2 Å². The SMILES string of the molecule is CCCC(=O)Nc1ccc(CC(=O)NCc2cnc(C)cn2)cc1. The zero-order valence-electron chi connectivity index (χ0n) is 14.0. The second-order valence-corrected chi connectivity index (χ2v) is 5.60. The van der Waals surface area contributed by atoms with Crippen LogP contribution in [-0.2, 0) is 22.6 Å². The summed E-state index contributed by atoms with van der Waals surface area (Å²) >= 11 is 0. The first-order valence-corrected chi connectivity index (χ1v) is 8.00. The van der Waals surface area contributed by atoms with Crippen LogP contribution in [0.3, 0.4) is 0 Å². The van der Waals surface area contributed by atoms with Gasteiger partial charge in [-0.3, -0.25) is 19.6 Å². The third-order valence-electron chi connectivity index (χ3n) is 3.38. The van der Waals surface area contributed by atoms with Crippen molar-refractivity contribution in [2.45, 2.75) is 39.7 Å². The molecule has 0 saturated carbocycles. The summed E-state index contributed by atoms with van der Waals surface area (Å²) in [6, 6.07) is 7.29. The van der Waals surface area contributed by atoms with Gasteiger partial charge in [0.1, 0.15) is 0 Å². The average Bonchev–Trinajstić information content (AvgIpc) is 2.56.